The summed E-state index contributed by atoms with van der Waals surface area (Å²) in [6.45, 7) is 2.22. The van der Waals surface area contributed by atoms with Gasteiger partial charge in [0.1, 0.15) is 11.6 Å². The molecule has 2 aromatic carbocycles. The summed E-state index contributed by atoms with van der Waals surface area (Å²) in [5, 5.41) is 12.1. The molecule has 0 aromatic heterocycles. The molecular formula is C19H15BrN2O3. The maximum absolute atomic E-state index is 12.4. The average Bonchev–Trinajstić information content (AvgIpc) is 3.07. The van der Waals surface area contributed by atoms with Crippen LogP contribution in [0.1, 0.15) is 18.1 Å². The maximum atomic E-state index is 12.4. The van der Waals surface area contributed by atoms with Gasteiger partial charge in [-0.3, -0.25) is 4.79 Å². The smallest absolute Gasteiger partial charge is 0.266 e. The third-order valence-corrected chi connectivity index (χ3v) is 4.46. The molecule has 0 saturated carbocycles. The molecule has 0 bridgehead atoms. The second-order valence-corrected chi connectivity index (χ2v) is 6.26. The van der Waals surface area contributed by atoms with Gasteiger partial charge in [-0.05, 0) is 47.9 Å². The molecule has 2 aromatic rings. The van der Waals surface area contributed by atoms with Gasteiger partial charge in [-0.1, -0.05) is 35.0 Å². The van der Waals surface area contributed by atoms with E-state index in [1.807, 2.05) is 30.3 Å². The molecule has 0 radical (unpaired) electrons. The molecule has 6 heteroatoms. The highest BCUT2D eigenvalue weighted by Gasteiger charge is 2.17. The number of nitriles is 1. The van der Waals surface area contributed by atoms with E-state index in [-0.39, 0.29) is 12.4 Å². The Balaban J connectivity index is 1.82. The van der Waals surface area contributed by atoms with E-state index in [1.165, 1.54) is 11.6 Å². The van der Waals surface area contributed by atoms with E-state index >= 15 is 0 Å². The van der Waals surface area contributed by atoms with Crippen LogP contribution in [0.3, 0.4) is 0 Å². The van der Waals surface area contributed by atoms with E-state index < -0.39 is 5.91 Å². The van der Waals surface area contributed by atoms with E-state index in [9.17, 15) is 10.1 Å². The largest absolute Gasteiger partial charge is 0.454 e. The van der Waals surface area contributed by atoms with Crippen LogP contribution in [0.25, 0.3) is 6.08 Å². The van der Waals surface area contributed by atoms with Crippen molar-refractivity contribution in [2.24, 2.45) is 0 Å². The molecule has 0 atom stereocenters. The molecule has 0 unspecified atom stereocenters. The molecule has 1 aliphatic rings. The number of nitrogens with one attached hydrogen (secondary N) is 1. The van der Waals surface area contributed by atoms with Crippen LogP contribution in [-0.4, -0.2) is 12.7 Å². The van der Waals surface area contributed by atoms with Crippen LogP contribution in [0.15, 0.2) is 46.4 Å². The fourth-order valence-corrected chi connectivity index (χ4v) is 2.81. The lowest BCUT2D eigenvalue weighted by molar-refractivity contribution is -0.112. The molecule has 0 aliphatic carbocycles. The summed E-state index contributed by atoms with van der Waals surface area (Å²) >= 11 is 3.42. The first-order valence-electron chi connectivity index (χ1n) is 7.72. The standard InChI is InChI=1S/C19H15BrN2O3/c1-2-12-3-5-15(6-4-12)22-19(23)14(10-21)7-13-8-17-18(9-16(13)20)25-11-24-17/h3-9H,2,11H2,1H3,(H,22,23)/b14-7+. The van der Waals surface area contributed by atoms with Crippen molar-refractivity contribution >= 4 is 33.6 Å². The minimum Gasteiger partial charge on any atom is -0.454 e. The van der Waals surface area contributed by atoms with Crippen LogP contribution in [0.2, 0.25) is 0 Å². The molecule has 0 spiro atoms. The summed E-state index contributed by atoms with van der Waals surface area (Å²) in [5.41, 5.74) is 2.49. The Labute approximate surface area is 154 Å². The normalized spacial score (nSPS) is 12.6. The number of amides is 1. The first kappa shape index (κ1) is 17.1. The second kappa shape index (κ2) is 7.41. The predicted octanol–water partition coefficient (Wildman–Crippen LogP) is 4.29. The van der Waals surface area contributed by atoms with Gasteiger partial charge in [0.15, 0.2) is 11.5 Å². The van der Waals surface area contributed by atoms with Crippen molar-refractivity contribution in [1.82, 2.24) is 0 Å². The lowest BCUT2D eigenvalue weighted by Crippen LogP contribution is -2.13. The highest BCUT2D eigenvalue weighted by atomic mass is 79.9. The van der Waals surface area contributed by atoms with Crippen LogP contribution in [-0.2, 0) is 11.2 Å². The van der Waals surface area contributed by atoms with Gasteiger partial charge >= 0.3 is 0 Å². The molecule has 25 heavy (non-hydrogen) atoms. The van der Waals surface area contributed by atoms with Gasteiger partial charge in [0.25, 0.3) is 5.91 Å². The summed E-state index contributed by atoms with van der Waals surface area (Å²) < 4.78 is 11.3. The van der Waals surface area contributed by atoms with Crippen LogP contribution < -0.4 is 14.8 Å². The summed E-state index contributed by atoms with van der Waals surface area (Å²) in [5.74, 6) is 0.751. The quantitative estimate of drug-likeness (QED) is 0.615. The molecule has 3 rings (SSSR count). The minimum atomic E-state index is -0.462. The highest BCUT2D eigenvalue weighted by molar-refractivity contribution is 9.10. The van der Waals surface area contributed by atoms with Crippen molar-refractivity contribution in [2.45, 2.75) is 13.3 Å². The number of nitrogens with zero attached hydrogens (tertiary/aromatic N) is 1. The molecule has 5 nitrogen and oxygen atoms in total. The fourth-order valence-electron chi connectivity index (χ4n) is 2.37. The number of hydrogen-bond donors (Lipinski definition) is 1. The first-order chi connectivity index (χ1) is 12.1. The van der Waals surface area contributed by atoms with Gasteiger partial charge in [0, 0.05) is 10.2 Å². The first-order valence-corrected chi connectivity index (χ1v) is 8.51. The molecule has 126 valence electrons. The molecule has 1 heterocycles. The van der Waals surface area contributed by atoms with E-state index in [4.69, 9.17) is 9.47 Å². The summed E-state index contributed by atoms with van der Waals surface area (Å²) in [6, 6.07) is 13.0. The van der Waals surface area contributed by atoms with Crippen molar-refractivity contribution in [3.05, 3.63) is 57.6 Å². The van der Waals surface area contributed by atoms with Crippen molar-refractivity contribution in [1.29, 1.82) is 5.26 Å². The Morgan fingerprint density at radius 2 is 1.96 bits per heavy atom. The monoisotopic (exact) mass is 398 g/mol. The van der Waals surface area contributed by atoms with Gasteiger partial charge in [0.05, 0.1) is 0 Å². The number of ether oxygens (including phenoxy) is 2. The zero-order valence-electron chi connectivity index (χ0n) is 13.5. The molecule has 0 saturated heterocycles. The number of fused-ring (bicyclic) bond motifs is 1. The summed E-state index contributed by atoms with van der Waals surface area (Å²) in [7, 11) is 0. The van der Waals surface area contributed by atoms with Gasteiger partial charge in [-0.2, -0.15) is 5.26 Å². The van der Waals surface area contributed by atoms with E-state index in [0.29, 0.717) is 27.2 Å². The second-order valence-electron chi connectivity index (χ2n) is 5.40. The number of benzene rings is 2. The molecule has 1 N–H and O–H groups in total. The zero-order chi connectivity index (χ0) is 17.8. The average molecular weight is 399 g/mol. The van der Waals surface area contributed by atoms with E-state index in [1.54, 1.807) is 12.1 Å². The lowest BCUT2D eigenvalue weighted by atomic mass is 10.1. The number of hydrogen-bond acceptors (Lipinski definition) is 4. The molecule has 0 fully saturated rings. The number of halogens is 1. The SMILES string of the molecule is CCc1ccc(NC(=O)/C(C#N)=C/c2cc3c(cc2Br)OCO3)cc1. The number of carbonyl (C=O) groups is 1. The third kappa shape index (κ3) is 3.83. The fraction of sp³-hybridized carbons (Fsp3) is 0.158. The highest BCUT2D eigenvalue weighted by Crippen LogP contribution is 2.37. The van der Waals surface area contributed by atoms with Crippen molar-refractivity contribution in [3.8, 4) is 17.6 Å². The van der Waals surface area contributed by atoms with Crippen LogP contribution >= 0.6 is 15.9 Å². The Bertz CT molecular complexity index is 883. The van der Waals surface area contributed by atoms with Crippen LogP contribution in [0.4, 0.5) is 5.69 Å². The van der Waals surface area contributed by atoms with Crippen LogP contribution in [0, 0.1) is 11.3 Å². The minimum absolute atomic E-state index is 0.000802. The summed E-state index contributed by atoms with van der Waals surface area (Å²) in [6.07, 6.45) is 2.44. The number of aryl methyl sites for hydroxylation is 1. The Morgan fingerprint density at radius 3 is 2.60 bits per heavy atom. The van der Waals surface area contributed by atoms with Gasteiger partial charge in [-0.15, -0.1) is 0 Å². The van der Waals surface area contributed by atoms with Gasteiger partial charge < -0.3 is 14.8 Å². The molecule has 1 amide bonds. The number of carbonyl (C=O) groups excluding carboxylic acids is 1. The maximum Gasteiger partial charge on any atom is 0.266 e. The molecular weight excluding hydrogens is 384 g/mol. The van der Waals surface area contributed by atoms with Crippen molar-refractivity contribution in [2.75, 3.05) is 12.1 Å². The van der Waals surface area contributed by atoms with E-state index in [2.05, 4.69) is 28.2 Å². The van der Waals surface area contributed by atoms with E-state index in [0.717, 1.165) is 6.42 Å². The topological polar surface area (TPSA) is 71.4 Å². The van der Waals surface area contributed by atoms with Crippen molar-refractivity contribution < 1.29 is 14.3 Å². The Morgan fingerprint density at radius 1 is 1.28 bits per heavy atom. The molecule has 1 aliphatic heterocycles. The third-order valence-electron chi connectivity index (χ3n) is 3.78. The van der Waals surface area contributed by atoms with Crippen LogP contribution in [0.5, 0.6) is 11.5 Å². The number of rotatable bonds is 4. The zero-order valence-corrected chi connectivity index (χ0v) is 15.1. The predicted molar refractivity (Wildman–Crippen MR) is 98.3 cm³/mol. The van der Waals surface area contributed by atoms with Gasteiger partial charge in [0.2, 0.25) is 6.79 Å². The number of anilines is 1. The summed E-state index contributed by atoms with van der Waals surface area (Å²) in [4.78, 5) is 12.4. The van der Waals surface area contributed by atoms with Crippen molar-refractivity contribution in [3.63, 3.8) is 0 Å². The van der Waals surface area contributed by atoms with Gasteiger partial charge in [-0.25, -0.2) is 0 Å². The Kier molecular flexibility index (Phi) is 5.05. The lowest BCUT2D eigenvalue weighted by Gasteiger charge is -2.06. The Hall–Kier alpha value is -2.78.